The van der Waals surface area contributed by atoms with Gasteiger partial charge in [-0.15, -0.1) is 0 Å². The Kier molecular flexibility index (Phi) is 12.3. The molecule has 3 fully saturated rings. The van der Waals surface area contributed by atoms with Crippen molar-refractivity contribution in [2.45, 2.75) is 128 Å². The molecule has 0 amide bonds. The van der Waals surface area contributed by atoms with Crippen molar-refractivity contribution < 1.29 is 49.3 Å². The zero-order valence-corrected chi connectivity index (χ0v) is 25.3. The molecule has 1 aromatic rings. The van der Waals surface area contributed by atoms with E-state index in [0.29, 0.717) is 30.9 Å². The first kappa shape index (κ1) is 34.8. The van der Waals surface area contributed by atoms with E-state index < -0.39 is 59.4 Å². The van der Waals surface area contributed by atoms with E-state index in [2.05, 4.69) is 16.4 Å². The van der Waals surface area contributed by atoms with Crippen molar-refractivity contribution in [3.8, 4) is 11.5 Å². The fourth-order valence-electron chi connectivity index (χ4n) is 7.36. The van der Waals surface area contributed by atoms with Crippen LogP contribution in [0.4, 0.5) is 35.1 Å². The molecule has 0 N–H and O–H groups in total. The Morgan fingerprint density at radius 1 is 0.705 bits per heavy atom. The second-order valence-corrected chi connectivity index (χ2v) is 13.0. The lowest BCUT2D eigenvalue weighted by atomic mass is 9.75. The third-order valence-electron chi connectivity index (χ3n) is 9.93. The van der Waals surface area contributed by atoms with Crippen LogP contribution in [0.2, 0.25) is 0 Å². The fourth-order valence-corrected chi connectivity index (χ4v) is 7.36. The maximum Gasteiger partial charge on any atom is 0.400 e. The highest BCUT2D eigenvalue weighted by Gasteiger charge is 2.48. The van der Waals surface area contributed by atoms with E-state index in [-0.39, 0.29) is 31.9 Å². The smallest absolute Gasteiger partial charge is 0.400 e. The van der Waals surface area contributed by atoms with E-state index in [1.165, 1.54) is 44.9 Å². The van der Waals surface area contributed by atoms with Crippen molar-refractivity contribution in [2.75, 3.05) is 0 Å². The minimum Gasteiger partial charge on any atom is -0.453 e. The van der Waals surface area contributed by atoms with Crippen molar-refractivity contribution in [3.63, 3.8) is 0 Å². The molecule has 1 aromatic carbocycles. The van der Waals surface area contributed by atoms with E-state index in [1.54, 1.807) is 0 Å². The summed E-state index contributed by atoms with van der Waals surface area (Å²) in [5.41, 5.74) is 0. The van der Waals surface area contributed by atoms with Gasteiger partial charge >= 0.3 is 18.3 Å². The first-order valence-electron chi connectivity index (χ1n) is 16.2. The summed E-state index contributed by atoms with van der Waals surface area (Å²) >= 11 is 0. The van der Waals surface area contributed by atoms with Crippen molar-refractivity contribution in [3.05, 3.63) is 36.1 Å². The predicted octanol–water partition coefficient (Wildman–Crippen LogP) is 11.4. The molecular weight excluding hydrogens is 596 g/mol. The monoisotopic (exact) mass is 640 g/mol. The van der Waals surface area contributed by atoms with Gasteiger partial charge in [-0.2, -0.15) is 26.3 Å². The Hall–Kier alpha value is -2.04. The largest absolute Gasteiger partial charge is 0.453 e. The minimum atomic E-state index is -3.85. The molecule has 0 bridgehead atoms. The van der Waals surface area contributed by atoms with Crippen molar-refractivity contribution in [1.82, 2.24) is 0 Å². The molecule has 0 heterocycles. The maximum atomic E-state index is 15.1. The van der Waals surface area contributed by atoms with Gasteiger partial charge in [0.15, 0.2) is 23.6 Å². The summed E-state index contributed by atoms with van der Waals surface area (Å²) in [5.74, 6) is -5.25. The normalized spacial score (nSPS) is 28.4. The maximum absolute atomic E-state index is 15.1. The van der Waals surface area contributed by atoms with Crippen LogP contribution in [0.1, 0.15) is 110 Å². The third kappa shape index (κ3) is 9.73. The van der Waals surface area contributed by atoms with Crippen LogP contribution < -0.4 is 9.47 Å². The highest BCUT2D eigenvalue weighted by molar-refractivity contribution is 5.35. The van der Waals surface area contributed by atoms with Crippen LogP contribution in [0.15, 0.2) is 24.5 Å². The number of hydrogen-bond acceptors (Lipinski definition) is 3. The van der Waals surface area contributed by atoms with Crippen LogP contribution in [0.25, 0.3) is 0 Å². The molecule has 3 aliphatic carbocycles. The quantitative estimate of drug-likeness (QED) is 0.159. The molecule has 0 saturated heterocycles. The molecule has 0 radical (unpaired) electrons. The standard InChI is InChI=1S/C33H44F8O3/c1-2-3-21-4-6-22(7-5-21)8-9-23-10-12-24(13-11-23)32(38,39)43-26-16-14-25(15-17-26)33(40,41)44-27-18-28(34)31(29(35)19-27)42-20-30(36)37/h18-26H,2-17H2,1H3. The van der Waals surface area contributed by atoms with Crippen molar-refractivity contribution in [1.29, 1.82) is 0 Å². The van der Waals surface area contributed by atoms with Crippen LogP contribution in [0.3, 0.4) is 0 Å². The van der Waals surface area contributed by atoms with Gasteiger partial charge in [0.05, 0.1) is 17.9 Å². The van der Waals surface area contributed by atoms with Crippen LogP contribution in [-0.4, -0.2) is 18.3 Å². The average Bonchev–Trinajstić information content (AvgIpc) is 2.96. The highest BCUT2D eigenvalue weighted by atomic mass is 19.3. The molecule has 3 saturated carbocycles. The lowest BCUT2D eigenvalue weighted by Gasteiger charge is -2.38. The summed E-state index contributed by atoms with van der Waals surface area (Å²) < 4.78 is 126. The summed E-state index contributed by atoms with van der Waals surface area (Å²) in [6.45, 7) is 2.24. The number of hydrogen-bond donors (Lipinski definition) is 0. The molecule has 0 spiro atoms. The summed E-state index contributed by atoms with van der Waals surface area (Å²) in [6, 6.07) is 0.803. The van der Waals surface area contributed by atoms with E-state index >= 15 is 8.78 Å². The van der Waals surface area contributed by atoms with Gasteiger partial charge < -0.3 is 14.2 Å². The Balaban J connectivity index is 1.18. The third-order valence-corrected chi connectivity index (χ3v) is 9.93. The average molecular weight is 641 g/mol. The van der Waals surface area contributed by atoms with E-state index in [0.717, 1.165) is 31.1 Å². The molecule has 0 atom stereocenters. The molecular formula is C33H44F8O3. The molecule has 44 heavy (non-hydrogen) atoms. The van der Waals surface area contributed by atoms with Crippen molar-refractivity contribution in [2.24, 2.45) is 29.6 Å². The van der Waals surface area contributed by atoms with Crippen LogP contribution in [-0.2, 0) is 4.74 Å². The van der Waals surface area contributed by atoms with Crippen LogP contribution >= 0.6 is 0 Å². The highest BCUT2D eigenvalue weighted by Crippen LogP contribution is 2.45. The minimum absolute atomic E-state index is 0.0360. The molecule has 3 aliphatic rings. The van der Waals surface area contributed by atoms with Gasteiger partial charge in [-0.25, -0.2) is 8.78 Å². The molecule has 3 nitrogen and oxygen atoms in total. The number of halogens is 8. The predicted molar refractivity (Wildman–Crippen MR) is 150 cm³/mol. The number of rotatable bonds is 13. The van der Waals surface area contributed by atoms with Gasteiger partial charge in [-0.05, 0) is 69.1 Å². The van der Waals surface area contributed by atoms with E-state index in [4.69, 9.17) is 4.74 Å². The summed E-state index contributed by atoms with van der Waals surface area (Å²) in [5, 5.41) is 0. The molecule has 0 unspecified atom stereocenters. The molecule has 250 valence electrons. The van der Waals surface area contributed by atoms with Gasteiger partial charge in [-0.1, -0.05) is 58.3 Å². The van der Waals surface area contributed by atoms with E-state index in [9.17, 15) is 26.3 Å². The van der Waals surface area contributed by atoms with Gasteiger partial charge in [0.25, 0.3) is 0 Å². The van der Waals surface area contributed by atoms with Gasteiger partial charge in [0.1, 0.15) is 5.75 Å². The fraction of sp³-hybridized carbons (Fsp3) is 0.758. The van der Waals surface area contributed by atoms with Crippen LogP contribution in [0.5, 0.6) is 11.5 Å². The first-order valence-corrected chi connectivity index (χ1v) is 16.2. The zero-order chi connectivity index (χ0) is 31.9. The second-order valence-electron chi connectivity index (χ2n) is 13.0. The van der Waals surface area contributed by atoms with E-state index in [1.807, 2.05) is 0 Å². The topological polar surface area (TPSA) is 27.7 Å². The summed E-state index contributed by atoms with van der Waals surface area (Å²) in [6.07, 6.45) is 1.27. The Morgan fingerprint density at radius 3 is 1.66 bits per heavy atom. The van der Waals surface area contributed by atoms with Gasteiger partial charge in [0.2, 0.25) is 0 Å². The van der Waals surface area contributed by atoms with Crippen LogP contribution in [0, 0.1) is 41.2 Å². The Labute approximate surface area is 254 Å². The molecule has 4 rings (SSSR count). The van der Waals surface area contributed by atoms with Crippen molar-refractivity contribution >= 4 is 0 Å². The van der Waals surface area contributed by atoms with Gasteiger partial charge in [-0.3, -0.25) is 0 Å². The second kappa shape index (κ2) is 15.5. The zero-order valence-electron chi connectivity index (χ0n) is 25.3. The lowest BCUT2D eigenvalue weighted by molar-refractivity contribution is -0.306. The summed E-state index contributed by atoms with van der Waals surface area (Å²) in [7, 11) is 0. The Morgan fingerprint density at radius 2 is 1.16 bits per heavy atom. The first-order chi connectivity index (χ1) is 20.9. The number of ether oxygens (including phenoxy) is 3. The molecule has 0 aromatic heterocycles. The molecule has 0 aliphatic heterocycles. The Bertz CT molecular complexity index is 1050. The lowest BCUT2D eigenvalue weighted by Crippen LogP contribution is -2.42. The molecule has 11 heteroatoms. The van der Waals surface area contributed by atoms with Gasteiger partial charge in [0, 0.05) is 12.1 Å². The number of alkyl halides is 4. The SMILES string of the molecule is CCCC1CCC(CCC2CCC(C(F)(F)OC3CCC(C(F)(F)Oc4cc(F)c(OC=C(F)F)c(F)c4)CC3)CC2)CC1. The summed E-state index contributed by atoms with van der Waals surface area (Å²) in [4.78, 5) is 0. The number of benzene rings is 1.